The number of phenolic OH excluding ortho intramolecular Hbond substituents is 1. The van der Waals surface area contributed by atoms with Gasteiger partial charge in [0.05, 0.1) is 13.3 Å². The molecule has 0 saturated heterocycles. The molecule has 0 aliphatic rings. The number of H-pyrrole nitrogens is 1. The molecule has 1 heterocycles. The third kappa shape index (κ3) is 3.80. The maximum atomic E-state index is 10.5. The van der Waals surface area contributed by atoms with Crippen LogP contribution in [-0.4, -0.2) is 22.4 Å². The van der Waals surface area contributed by atoms with Crippen LogP contribution in [0, 0.1) is 0 Å². The summed E-state index contributed by atoms with van der Waals surface area (Å²) in [6, 6.07) is 21.6. The lowest BCUT2D eigenvalue weighted by molar-refractivity contribution is 0.403. The molecule has 29 heavy (non-hydrogen) atoms. The van der Waals surface area contributed by atoms with Gasteiger partial charge in [-0.1, -0.05) is 49.4 Å². The van der Waals surface area contributed by atoms with Gasteiger partial charge in [0.1, 0.15) is 22.9 Å². The number of methoxy groups -OCH3 is 1. The highest BCUT2D eigenvalue weighted by atomic mass is 16.5. The molecule has 3 aromatic carbocycles. The molecule has 5 heteroatoms. The molecule has 0 amide bonds. The van der Waals surface area contributed by atoms with E-state index < -0.39 is 0 Å². The van der Waals surface area contributed by atoms with Gasteiger partial charge in [0.25, 0.3) is 0 Å². The monoisotopic (exact) mass is 386 g/mol. The van der Waals surface area contributed by atoms with Crippen LogP contribution in [-0.2, 0) is 6.42 Å². The predicted molar refractivity (Wildman–Crippen MR) is 114 cm³/mol. The SMILES string of the molecule is CCc1cc(-c2n[nH]cc2Oc2ccc(-c3ccccc3)cc2)c(O)cc1OC. The molecule has 0 aliphatic carbocycles. The number of phenols is 1. The normalized spacial score (nSPS) is 10.7. The van der Waals surface area contributed by atoms with Gasteiger partial charge in [0.15, 0.2) is 5.75 Å². The molecule has 0 bridgehead atoms. The Morgan fingerprint density at radius 3 is 2.34 bits per heavy atom. The number of aryl methyl sites for hydroxylation is 1. The summed E-state index contributed by atoms with van der Waals surface area (Å²) in [5, 5.41) is 17.6. The van der Waals surface area contributed by atoms with Crippen LogP contribution in [0.2, 0.25) is 0 Å². The lowest BCUT2D eigenvalue weighted by atomic mass is 10.0. The molecule has 0 aliphatic heterocycles. The summed E-state index contributed by atoms with van der Waals surface area (Å²) in [7, 11) is 1.59. The Hall–Kier alpha value is -3.73. The number of aromatic hydroxyl groups is 1. The van der Waals surface area contributed by atoms with Crippen molar-refractivity contribution < 1.29 is 14.6 Å². The average molecular weight is 386 g/mol. The highest BCUT2D eigenvalue weighted by molar-refractivity contribution is 5.74. The van der Waals surface area contributed by atoms with Crippen molar-refractivity contribution in [2.75, 3.05) is 7.11 Å². The lowest BCUT2D eigenvalue weighted by Crippen LogP contribution is -1.93. The summed E-state index contributed by atoms with van der Waals surface area (Å²) < 4.78 is 11.4. The molecule has 0 saturated carbocycles. The highest BCUT2D eigenvalue weighted by Crippen LogP contribution is 2.40. The fourth-order valence-electron chi connectivity index (χ4n) is 3.29. The molecule has 146 valence electrons. The van der Waals surface area contributed by atoms with Gasteiger partial charge in [-0.3, -0.25) is 5.10 Å². The number of aromatic amines is 1. The van der Waals surface area contributed by atoms with E-state index in [9.17, 15) is 5.11 Å². The summed E-state index contributed by atoms with van der Waals surface area (Å²) in [6.45, 7) is 2.04. The van der Waals surface area contributed by atoms with Crippen molar-refractivity contribution in [3.8, 4) is 45.4 Å². The fourth-order valence-corrected chi connectivity index (χ4v) is 3.29. The van der Waals surface area contributed by atoms with Crippen LogP contribution in [0.5, 0.6) is 23.0 Å². The molecule has 0 radical (unpaired) electrons. The molecule has 1 aromatic heterocycles. The molecule has 4 aromatic rings. The second kappa shape index (κ2) is 8.10. The van der Waals surface area contributed by atoms with E-state index >= 15 is 0 Å². The van der Waals surface area contributed by atoms with E-state index in [2.05, 4.69) is 22.3 Å². The van der Waals surface area contributed by atoms with Gasteiger partial charge in [-0.05, 0) is 41.3 Å². The van der Waals surface area contributed by atoms with Crippen LogP contribution >= 0.6 is 0 Å². The van der Waals surface area contributed by atoms with Crippen LogP contribution in [0.15, 0.2) is 72.9 Å². The second-order valence-electron chi connectivity index (χ2n) is 6.63. The fraction of sp³-hybridized carbons (Fsp3) is 0.125. The second-order valence-corrected chi connectivity index (χ2v) is 6.63. The zero-order valence-corrected chi connectivity index (χ0v) is 16.3. The van der Waals surface area contributed by atoms with E-state index in [1.165, 1.54) is 0 Å². The summed E-state index contributed by atoms with van der Waals surface area (Å²) in [4.78, 5) is 0. The zero-order chi connectivity index (χ0) is 20.2. The number of ether oxygens (including phenoxy) is 2. The maximum Gasteiger partial charge on any atom is 0.173 e. The maximum absolute atomic E-state index is 10.5. The molecule has 0 spiro atoms. The molecular formula is C24H22N2O3. The Bertz CT molecular complexity index is 1100. The third-order valence-corrected chi connectivity index (χ3v) is 4.83. The highest BCUT2D eigenvalue weighted by Gasteiger charge is 2.17. The molecule has 0 atom stereocenters. The molecule has 2 N–H and O–H groups in total. The Morgan fingerprint density at radius 2 is 1.66 bits per heavy atom. The summed E-state index contributed by atoms with van der Waals surface area (Å²) in [6.07, 6.45) is 2.45. The molecule has 5 nitrogen and oxygen atoms in total. The van der Waals surface area contributed by atoms with E-state index in [0.717, 1.165) is 23.1 Å². The van der Waals surface area contributed by atoms with Gasteiger partial charge >= 0.3 is 0 Å². The largest absolute Gasteiger partial charge is 0.507 e. The van der Waals surface area contributed by atoms with Crippen molar-refractivity contribution in [3.05, 3.63) is 78.5 Å². The van der Waals surface area contributed by atoms with Crippen LogP contribution in [0.4, 0.5) is 0 Å². The van der Waals surface area contributed by atoms with Crippen LogP contribution in [0.1, 0.15) is 12.5 Å². The molecular weight excluding hydrogens is 364 g/mol. The van der Waals surface area contributed by atoms with Crippen molar-refractivity contribution in [2.45, 2.75) is 13.3 Å². The first kappa shape index (κ1) is 18.6. The smallest absolute Gasteiger partial charge is 0.173 e. The summed E-state index contributed by atoms with van der Waals surface area (Å²) in [5.74, 6) is 1.98. The van der Waals surface area contributed by atoms with Crippen molar-refractivity contribution in [2.24, 2.45) is 0 Å². The Kier molecular flexibility index (Phi) is 5.20. The average Bonchev–Trinajstić information content (AvgIpc) is 3.22. The van der Waals surface area contributed by atoms with Crippen LogP contribution in [0.3, 0.4) is 0 Å². The Morgan fingerprint density at radius 1 is 0.931 bits per heavy atom. The zero-order valence-electron chi connectivity index (χ0n) is 16.3. The summed E-state index contributed by atoms with van der Waals surface area (Å²) >= 11 is 0. The Labute approximate surface area is 169 Å². The van der Waals surface area contributed by atoms with E-state index in [4.69, 9.17) is 9.47 Å². The number of benzene rings is 3. The minimum absolute atomic E-state index is 0.0930. The quantitative estimate of drug-likeness (QED) is 0.439. The van der Waals surface area contributed by atoms with E-state index in [1.54, 1.807) is 19.4 Å². The van der Waals surface area contributed by atoms with Crippen molar-refractivity contribution >= 4 is 0 Å². The molecule has 0 fully saturated rings. The van der Waals surface area contributed by atoms with Gasteiger partial charge in [-0.15, -0.1) is 0 Å². The van der Waals surface area contributed by atoms with E-state index in [1.807, 2.05) is 55.5 Å². The van der Waals surface area contributed by atoms with Crippen molar-refractivity contribution in [1.29, 1.82) is 0 Å². The third-order valence-electron chi connectivity index (χ3n) is 4.83. The van der Waals surface area contributed by atoms with Crippen LogP contribution in [0.25, 0.3) is 22.4 Å². The number of nitrogens with zero attached hydrogens (tertiary/aromatic N) is 1. The minimum Gasteiger partial charge on any atom is -0.507 e. The van der Waals surface area contributed by atoms with Gasteiger partial charge in [-0.2, -0.15) is 5.10 Å². The number of nitrogens with one attached hydrogen (secondary N) is 1. The molecule has 4 rings (SSSR count). The van der Waals surface area contributed by atoms with Gasteiger partial charge < -0.3 is 14.6 Å². The number of aromatic nitrogens is 2. The topological polar surface area (TPSA) is 67.4 Å². The first-order valence-electron chi connectivity index (χ1n) is 9.47. The van der Waals surface area contributed by atoms with Gasteiger partial charge in [-0.25, -0.2) is 0 Å². The lowest BCUT2D eigenvalue weighted by Gasteiger charge is -2.12. The van der Waals surface area contributed by atoms with Crippen molar-refractivity contribution in [1.82, 2.24) is 10.2 Å². The number of rotatable bonds is 6. The number of hydrogen-bond acceptors (Lipinski definition) is 4. The van der Waals surface area contributed by atoms with E-state index in [-0.39, 0.29) is 5.75 Å². The van der Waals surface area contributed by atoms with Gasteiger partial charge in [0, 0.05) is 11.6 Å². The summed E-state index contributed by atoms with van der Waals surface area (Å²) in [5.41, 5.74) is 4.40. The predicted octanol–water partition coefficient (Wildman–Crippen LogP) is 5.81. The first-order valence-corrected chi connectivity index (χ1v) is 9.47. The van der Waals surface area contributed by atoms with Crippen LogP contribution < -0.4 is 9.47 Å². The first-order chi connectivity index (χ1) is 14.2. The minimum atomic E-state index is 0.0930. The van der Waals surface area contributed by atoms with Crippen molar-refractivity contribution in [3.63, 3.8) is 0 Å². The van der Waals surface area contributed by atoms with E-state index in [0.29, 0.717) is 28.5 Å². The van der Waals surface area contributed by atoms with Gasteiger partial charge in [0.2, 0.25) is 0 Å². The number of hydrogen-bond donors (Lipinski definition) is 2. The Balaban J connectivity index is 1.62. The standard InChI is InChI=1S/C24H22N2O3/c1-3-16-13-20(21(27)14-22(16)28-2)24-23(15-25-26-24)29-19-11-9-18(10-12-19)17-7-5-4-6-8-17/h4-15,27H,3H2,1-2H3,(H,25,26). The molecule has 0 unspecified atom stereocenters.